The number of nitrogens with one attached hydrogen (secondary N) is 1. The summed E-state index contributed by atoms with van der Waals surface area (Å²) in [5.41, 5.74) is -0.479. The van der Waals surface area contributed by atoms with Crippen LogP contribution in [0.4, 0.5) is 14.5 Å². The molecule has 2 amide bonds. The third-order valence-corrected chi connectivity index (χ3v) is 3.08. The molecular formula is C15H15F2N3O3. The van der Waals surface area contributed by atoms with Gasteiger partial charge in [0.15, 0.2) is 5.69 Å². The number of rotatable bonds is 5. The first-order valence-electron chi connectivity index (χ1n) is 6.88. The molecule has 0 aliphatic rings. The molecule has 2 aromatic rings. The highest BCUT2D eigenvalue weighted by atomic mass is 19.1. The molecule has 1 N–H and O–H groups in total. The van der Waals surface area contributed by atoms with Crippen molar-refractivity contribution in [3.05, 3.63) is 47.4 Å². The number of carbonyl (C=O) groups is 2. The first kappa shape index (κ1) is 16.6. The number of halogens is 2. The number of anilines is 1. The van der Waals surface area contributed by atoms with Gasteiger partial charge in [-0.2, -0.15) is 0 Å². The summed E-state index contributed by atoms with van der Waals surface area (Å²) in [5.74, 6) is -2.54. The minimum Gasteiger partial charge on any atom is -0.361 e. The predicted octanol–water partition coefficient (Wildman–Crippen LogP) is 2.36. The Morgan fingerprint density at radius 3 is 2.48 bits per heavy atom. The molecule has 122 valence electrons. The minimum atomic E-state index is -0.889. The van der Waals surface area contributed by atoms with E-state index in [0.29, 0.717) is 5.76 Å². The van der Waals surface area contributed by atoms with E-state index >= 15 is 0 Å². The number of likely N-dealkylation sites (N-methyl/N-ethyl adjacent to an activating group) is 1. The summed E-state index contributed by atoms with van der Waals surface area (Å²) in [4.78, 5) is 25.3. The zero-order valence-electron chi connectivity index (χ0n) is 12.6. The molecule has 1 aromatic heterocycles. The van der Waals surface area contributed by atoms with Crippen molar-refractivity contribution in [3.8, 4) is 0 Å². The summed E-state index contributed by atoms with van der Waals surface area (Å²) in [7, 11) is 0. The Kier molecular flexibility index (Phi) is 5.05. The van der Waals surface area contributed by atoms with Crippen LogP contribution in [0.15, 0.2) is 28.8 Å². The van der Waals surface area contributed by atoms with Gasteiger partial charge in [-0.15, -0.1) is 0 Å². The monoisotopic (exact) mass is 323 g/mol. The number of nitrogens with zero attached hydrogens (tertiary/aromatic N) is 2. The molecule has 1 aromatic carbocycles. The van der Waals surface area contributed by atoms with Crippen LogP contribution in [0.25, 0.3) is 0 Å². The summed E-state index contributed by atoms with van der Waals surface area (Å²) >= 11 is 0. The number of hydrogen-bond donors (Lipinski definition) is 1. The summed E-state index contributed by atoms with van der Waals surface area (Å²) in [6, 6.07) is 4.69. The van der Waals surface area contributed by atoms with Crippen molar-refractivity contribution in [2.45, 2.75) is 13.8 Å². The van der Waals surface area contributed by atoms with Gasteiger partial charge in [-0.3, -0.25) is 9.59 Å². The third kappa shape index (κ3) is 3.91. The number of para-hydroxylation sites is 1. The largest absolute Gasteiger partial charge is 0.361 e. The predicted molar refractivity (Wildman–Crippen MR) is 77.8 cm³/mol. The van der Waals surface area contributed by atoms with Gasteiger partial charge in [0.05, 0.1) is 0 Å². The molecule has 0 saturated heterocycles. The van der Waals surface area contributed by atoms with Crippen molar-refractivity contribution in [3.63, 3.8) is 0 Å². The number of benzene rings is 1. The highest BCUT2D eigenvalue weighted by Gasteiger charge is 2.21. The lowest BCUT2D eigenvalue weighted by atomic mass is 10.2. The molecule has 0 saturated carbocycles. The fourth-order valence-corrected chi connectivity index (χ4v) is 1.93. The quantitative estimate of drug-likeness (QED) is 0.916. The van der Waals surface area contributed by atoms with E-state index in [1.165, 1.54) is 17.0 Å². The molecule has 6 nitrogen and oxygen atoms in total. The van der Waals surface area contributed by atoms with E-state index in [9.17, 15) is 18.4 Å². The van der Waals surface area contributed by atoms with Gasteiger partial charge in [-0.1, -0.05) is 11.2 Å². The number of amides is 2. The third-order valence-electron chi connectivity index (χ3n) is 3.08. The van der Waals surface area contributed by atoms with Gasteiger partial charge in [0.2, 0.25) is 5.91 Å². The van der Waals surface area contributed by atoms with Crippen LogP contribution in [0.1, 0.15) is 23.2 Å². The van der Waals surface area contributed by atoms with Crippen LogP contribution < -0.4 is 5.32 Å². The van der Waals surface area contributed by atoms with E-state index in [4.69, 9.17) is 4.52 Å². The second kappa shape index (κ2) is 6.99. The zero-order chi connectivity index (χ0) is 17.0. The Balaban J connectivity index is 2.07. The molecule has 0 atom stereocenters. The smallest absolute Gasteiger partial charge is 0.276 e. The molecule has 0 spiro atoms. The maximum Gasteiger partial charge on any atom is 0.276 e. The summed E-state index contributed by atoms with van der Waals surface area (Å²) in [6.45, 7) is 3.16. The van der Waals surface area contributed by atoms with Gasteiger partial charge in [0, 0.05) is 12.6 Å². The maximum atomic E-state index is 13.5. The summed E-state index contributed by atoms with van der Waals surface area (Å²) in [6.07, 6.45) is 0. The van der Waals surface area contributed by atoms with Crippen LogP contribution in [-0.2, 0) is 4.79 Å². The fourth-order valence-electron chi connectivity index (χ4n) is 1.93. The topological polar surface area (TPSA) is 75.4 Å². The standard InChI is InChI=1S/C15H15F2N3O3/c1-3-20(15(22)12-7-9(2)23-19-12)8-13(21)18-14-10(16)5-4-6-11(14)17/h4-7H,3,8H2,1-2H3,(H,18,21). The second-order valence-corrected chi connectivity index (χ2v) is 4.79. The van der Waals surface area contributed by atoms with E-state index in [2.05, 4.69) is 10.5 Å². The van der Waals surface area contributed by atoms with Crippen molar-refractivity contribution in [2.24, 2.45) is 0 Å². The van der Waals surface area contributed by atoms with Crippen molar-refractivity contribution in [1.29, 1.82) is 0 Å². The molecule has 8 heteroatoms. The zero-order valence-corrected chi connectivity index (χ0v) is 12.6. The van der Waals surface area contributed by atoms with E-state index in [1.54, 1.807) is 13.8 Å². The molecule has 23 heavy (non-hydrogen) atoms. The van der Waals surface area contributed by atoms with Crippen molar-refractivity contribution < 1.29 is 22.9 Å². The molecule has 0 unspecified atom stereocenters. The van der Waals surface area contributed by atoms with Gasteiger partial charge in [0.25, 0.3) is 5.91 Å². The molecule has 0 aliphatic carbocycles. The molecule has 0 aliphatic heterocycles. The molecule has 2 rings (SSSR count). The maximum absolute atomic E-state index is 13.5. The van der Waals surface area contributed by atoms with Crippen LogP contribution in [0.3, 0.4) is 0 Å². The summed E-state index contributed by atoms with van der Waals surface area (Å²) in [5, 5.41) is 5.71. The first-order chi connectivity index (χ1) is 10.9. The average Bonchev–Trinajstić information content (AvgIpc) is 2.94. The van der Waals surface area contributed by atoms with Gasteiger partial charge < -0.3 is 14.7 Å². The molecule has 0 bridgehead atoms. The van der Waals surface area contributed by atoms with Crippen LogP contribution in [-0.4, -0.2) is 35.0 Å². The van der Waals surface area contributed by atoms with Crippen LogP contribution in [0.5, 0.6) is 0 Å². The van der Waals surface area contributed by atoms with E-state index < -0.39 is 29.1 Å². The Morgan fingerprint density at radius 1 is 1.30 bits per heavy atom. The van der Waals surface area contributed by atoms with Crippen LogP contribution in [0.2, 0.25) is 0 Å². The van der Waals surface area contributed by atoms with E-state index in [0.717, 1.165) is 12.1 Å². The van der Waals surface area contributed by atoms with Gasteiger partial charge in [-0.25, -0.2) is 8.78 Å². The van der Waals surface area contributed by atoms with Crippen molar-refractivity contribution in [2.75, 3.05) is 18.4 Å². The minimum absolute atomic E-state index is 0.0641. The highest BCUT2D eigenvalue weighted by molar-refractivity contribution is 5.98. The van der Waals surface area contributed by atoms with Gasteiger partial charge in [0.1, 0.15) is 29.6 Å². The van der Waals surface area contributed by atoms with Crippen LogP contribution >= 0.6 is 0 Å². The SMILES string of the molecule is CCN(CC(=O)Nc1c(F)cccc1F)C(=O)c1cc(C)on1. The number of aryl methyl sites for hydroxylation is 1. The second-order valence-electron chi connectivity index (χ2n) is 4.79. The van der Waals surface area contributed by atoms with Crippen LogP contribution in [0, 0.1) is 18.6 Å². The van der Waals surface area contributed by atoms with Crippen molar-refractivity contribution in [1.82, 2.24) is 10.1 Å². The Labute approximate surface area is 131 Å². The number of aromatic nitrogens is 1. The molecule has 0 fully saturated rings. The highest BCUT2D eigenvalue weighted by Crippen LogP contribution is 2.18. The lowest BCUT2D eigenvalue weighted by molar-refractivity contribution is -0.116. The lowest BCUT2D eigenvalue weighted by Gasteiger charge is -2.19. The van der Waals surface area contributed by atoms with Crippen molar-refractivity contribution >= 4 is 17.5 Å². The number of hydrogen-bond acceptors (Lipinski definition) is 4. The first-order valence-corrected chi connectivity index (χ1v) is 6.88. The molecule has 1 heterocycles. The Bertz CT molecular complexity index is 710. The average molecular weight is 323 g/mol. The van der Waals surface area contributed by atoms with E-state index in [1.807, 2.05) is 0 Å². The van der Waals surface area contributed by atoms with Gasteiger partial charge >= 0.3 is 0 Å². The normalized spacial score (nSPS) is 10.4. The Hall–Kier alpha value is -2.77. The lowest BCUT2D eigenvalue weighted by Crippen LogP contribution is -2.38. The molecular weight excluding hydrogens is 308 g/mol. The Morgan fingerprint density at radius 2 is 1.96 bits per heavy atom. The van der Waals surface area contributed by atoms with Gasteiger partial charge in [-0.05, 0) is 26.0 Å². The number of carbonyl (C=O) groups excluding carboxylic acids is 2. The van der Waals surface area contributed by atoms with E-state index in [-0.39, 0.29) is 18.8 Å². The fraction of sp³-hybridized carbons (Fsp3) is 0.267. The molecule has 0 radical (unpaired) electrons. The summed E-state index contributed by atoms with van der Waals surface area (Å²) < 4.78 is 31.8.